The van der Waals surface area contributed by atoms with E-state index in [1.54, 1.807) is 11.8 Å². The van der Waals surface area contributed by atoms with Crippen LogP contribution in [0.15, 0.2) is 34.2 Å². The molecule has 0 saturated carbocycles. The highest BCUT2D eigenvalue weighted by Gasteiger charge is 2.25. The molecule has 0 amide bonds. The Morgan fingerprint density at radius 2 is 2.31 bits per heavy atom. The fourth-order valence-corrected chi connectivity index (χ4v) is 3.87. The van der Waals surface area contributed by atoms with Gasteiger partial charge < -0.3 is 0 Å². The molecule has 1 aromatic carbocycles. The van der Waals surface area contributed by atoms with Crippen LogP contribution in [-0.2, 0) is 0 Å². The summed E-state index contributed by atoms with van der Waals surface area (Å²) in [4.78, 5) is 16.8. The van der Waals surface area contributed by atoms with E-state index in [0.717, 1.165) is 21.8 Å². The van der Waals surface area contributed by atoms with Crippen molar-refractivity contribution in [3.63, 3.8) is 0 Å². The first-order valence-electron chi connectivity index (χ1n) is 5.01. The minimum Gasteiger partial charge on any atom is -0.282 e. The Morgan fingerprint density at radius 3 is 3.12 bits per heavy atom. The molecule has 82 valence electrons. The molecule has 3 rings (SSSR count). The number of halogens is 1. The van der Waals surface area contributed by atoms with Gasteiger partial charge in [-0.3, -0.25) is 9.36 Å². The Hall–Kier alpha value is -0.810. The smallest absolute Gasteiger partial charge is 0.262 e. The van der Waals surface area contributed by atoms with Gasteiger partial charge in [-0.15, -0.1) is 0 Å². The lowest BCUT2D eigenvalue weighted by molar-refractivity contribution is 0.561. The molecule has 16 heavy (non-hydrogen) atoms. The Balaban J connectivity index is 2.37. The van der Waals surface area contributed by atoms with Crippen LogP contribution in [0.1, 0.15) is 6.04 Å². The Bertz CT molecular complexity index is 610. The van der Waals surface area contributed by atoms with Crippen molar-refractivity contribution in [3.8, 4) is 0 Å². The molecule has 3 nitrogen and oxygen atoms in total. The van der Waals surface area contributed by atoms with Crippen molar-refractivity contribution in [1.82, 2.24) is 9.55 Å². The van der Waals surface area contributed by atoms with E-state index in [9.17, 15) is 4.79 Å². The summed E-state index contributed by atoms with van der Waals surface area (Å²) in [5.41, 5.74) is 0.872. The van der Waals surface area contributed by atoms with Crippen molar-refractivity contribution in [2.75, 3.05) is 11.1 Å². The molecular formula is C11H9BrN2OS. The predicted molar refractivity (Wildman–Crippen MR) is 69.6 cm³/mol. The molecule has 0 saturated heterocycles. The summed E-state index contributed by atoms with van der Waals surface area (Å²) in [7, 11) is 0. The van der Waals surface area contributed by atoms with E-state index in [0.29, 0.717) is 5.39 Å². The number of hydrogen-bond acceptors (Lipinski definition) is 3. The quantitative estimate of drug-likeness (QED) is 0.599. The highest BCUT2D eigenvalue weighted by atomic mass is 79.9. The molecule has 0 aliphatic carbocycles. The maximum Gasteiger partial charge on any atom is 0.262 e. The minimum absolute atomic E-state index is 0.0788. The van der Waals surface area contributed by atoms with E-state index in [2.05, 4.69) is 20.9 Å². The molecule has 5 heteroatoms. The van der Waals surface area contributed by atoms with Crippen LogP contribution in [0.5, 0.6) is 0 Å². The maximum atomic E-state index is 12.3. The normalized spacial score (nSPS) is 18.9. The zero-order valence-corrected chi connectivity index (χ0v) is 10.8. The van der Waals surface area contributed by atoms with Gasteiger partial charge in [0.1, 0.15) is 0 Å². The van der Waals surface area contributed by atoms with Crippen LogP contribution < -0.4 is 5.56 Å². The Labute approximate surface area is 105 Å². The second-order valence-corrected chi connectivity index (χ2v) is 5.34. The molecule has 1 unspecified atom stereocenters. The number of alkyl halides is 1. The number of para-hydroxylation sites is 1. The van der Waals surface area contributed by atoms with E-state index in [-0.39, 0.29) is 11.6 Å². The van der Waals surface area contributed by atoms with Gasteiger partial charge in [0.2, 0.25) is 0 Å². The molecule has 0 bridgehead atoms. The summed E-state index contributed by atoms with van der Waals surface area (Å²) < 4.78 is 1.81. The van der Waals surface area contributed by atoms with Crippen molar-refractivity contribution in [1.29, 1.82) is 0 Å². The van der Waals surface area contributed by atoms with Crippen LogP contribution in [0.3, 0.4) is 0 Å². The van der Waals surface area contributed by atoms with E-state index in [4.69, 9.17) is 0 Å². The summed E-state index contributed by atoms with van der Waals surface area (Å²) in [6.07, 6.45) is 0. The zero-order valence-electron chi connectivity index (χ0n) is 8.39. The molecule has 1 aliphatic rings. The van der Waals surface area contributed by atoms with Crippen molar-refractivity contribution >= 4 is 38.6 Å². The highest BCUT2D eigenvalue weighted by Crippen LogP contribution is 2.31. The lowest BCUT2D eigenvalue weighted by Crippen LogP contribution is -2.25. The van der Waals surface area contributed by atoms with Gasteiger partial charge in [0.25, 0.3) is 5.56 Å². The minimum atomic E-state index is 0.0788. The van der Waals surface area contributed by atoms with Gasteiger partial charge in [-0.2, -0.15) is 0 Å². The molecular weight excluding hydrogens is 288 g/mol. The first kappa shape index (κ1) is 10.4. The van der Waals surface area contributed by atoms with Crippen molar-refractivity contribution in [2.45, 2.75) is 11.2 Å². The van der Waals surface area contributed by atoms with Crippen LogP contribution >= 0.6 is 27.7 Å². The van der Waals surface area contributed by atoms with Gasteiger partial charge in [-0.05, 0) is 12.1 Å². The van der Waals surface area contributed by atoms with Crippen LogP contribution in [0.4, 0.5) is 0 Å². The third-order valence-corrected chi connectivity index (χ3v) is 4.57. The summed E-state index contributed by atoms with van der Waals surface area (Å²) in [6, 6.07) is 7.74. The van der Waals surface area contributed by atoms with Gasteiger partial charge in [-0.25, -0.2) is 4.98 Å². The molecule has 1 aliphatic heterocycles. The summed E-state index contributed by atoms with van der Waals surface area (Å²) in [5, 5.41) is 2.35. The van der Waals surface area contributed by atoms with Crippen LogP contribution in [0.25, 0.3) is 10.9 Å². The van der Waals surface area contributed by atoms with Gasteiger partial charge >= 0.3 is 0 Å². The topological polar surface area (TPSA) is 34.9 Å². The highest BCUT2D eigenvalue weighted by molar-refractivity contribution is 9.09. The van der Waals surface area contributed by atoms with E-state index in [1.807, 2.05) is 28.8 Å². The monoisotopic (exact) mass is 296 g/mol. The molecule has 1 atom stereocenters. The van der Waals surface area contributed by atoms with Crippen LogP contribution in [0.2, 0.25) is 0 Å². The van der Waals surface area contributed by atoms with E-state index >= 15 is 0 Å². The van der Waals surface area contributed by atoms with Gasteiger partial charge in [0.15, 0.2) is 5.16 Å². The van der Waals surface area contributed by atoms with Gasteiger partial charge in [0, 0.05) is 11.1 Å². The molecule has 0 fully saturated rings. The maximum absolute atomic E-state index is 12.3. The molecule has 0 spiro atoms. The molecule has 0 N–H and O–H groups in total. The third-order valence-electron chi connectivity index (χ3n) is 2.72. The Kier molecular flexibility index (Phi) is 2.52. The Morgan fingerprint density at radius 1 is 1.50 bits per heavy atom. The number of benzene rings is 1. The number of fused-ring (bicyclic) bond motifs is 2. The van der Waals surface area contributed by atoms with E-state index < -0.39 is 0 Å². The number of hydrogen-bond donors (Lipinski definition) is 0. The largest absolute Gasteiger partial charge is 0.282 e. The fraction of sp³-hybridized carbons (Fsp3) is 0.273. The average Bonchev–Trinajstić information content (AvgIpc) is 2.72. The zero-order chi connectivity index (χ0) is 11.1. The van der Waals surface area contributed by atoms with Crippen molar-refractivity contribution in [2.24, 2.45) is 0 Å². The molecule has 0 radical (unpaired) electrons. The summed E-state index contributed by atoms with van der Waals surface area (Å²) in [6.45, 7) is 0. The second-order valence-electron chi connectivity index (χ2n) is 3.71. The van der Waals surface area contributed by atoms with Crippen molar-refractivity contribution in [3.05, 3.63) is 34.6 Å². The van der Waals surface area contributed by atoms with Crippen LogP contribution in [-0.4, -0.2) is 20.6 Å². The molecule has 1 aromatic heterocycles. The predicted octanol–water partition coefficient (Wildman–Crippen LogP) is 2.44. The number of thioether (sulfide) groups is 1. The number of rotatable bonds is 1. The number of nitrogens with zero attached hydrogens (tertiary/aromatic N) is 2. The standard InChI is InChI=1S/C11H9BrN2OS/c12-5-7-6-16-11-13-9-4-2-1-3-8(9)10(15)14(7)11/h1-4,7H,5-6H2. The van der Waals surface area contributed by atoms with Gasteiger partial charge in [0.05, 0.1) is 16.9 Å². The molecule has 2 heterocycles. The lowest BCUT2D eigenvalue weighted by Gasteiger charge is -2.10. The van der Waals surface area contributed by atoms with E-state index in [1.165, 1.54) is 0 Å². The summed E-state index contributed by atoms with van der Waals surface area (Å²) >= 11 is 5.09. The summed E-state index contributed by atoms with van der Waals surface area (Å²) in [5.74, 6) is 0.920. The third kappa shape index (κ3) is 1.42. The average molecular weight is 297 g/mol. The van der Waals surface area contributed by atoms with Crippen molar-refractivity contribution < 1.29 is 0 Å². The number of aromatic nitrogens is 2. The van der Waals surface area contributed by atoms with Crippen LogP contribution in [0, 0.1) is 0 Å². The SMILES string of the molecule is O=c1c2ccccc2nc2n1C(CBr)CS2. The first-order chi connectivity index (χ1) is 7.81. The lowest BCUT2D eigenvalue weighted by atomic mass is 10.2. The first-order valence-corrected chi connectivity index (χ1v) is 7.12. The van der Waals surface area contributed by atoms with Gasteiger partial charge in [-0.1, -0.05) is 39.8 Å². The fourth-order valence-electron chi connectivity index (χ4n) is 1.91. The second kappa shape index (κ2) is 3.89. The molecule has 2 aromatic rings.